The number of benzene rings is 3. The minimum Gasteiger partial charge on any atom is -0.455 e. The number of hydrogen-bond acceptors (Lipinski definition) is 1. The molecule has 0 N–H and O–H groups in total. The molecule has 0 fully saturated rings. The Labute approximate surface area is 168 Å². The molecular formula is C27H28O. The Balaban J connectivity index is 2.09. The van der Waals surface area contributed by atoms with E-state index in [2.05, 4.69) is 88.0 Å². The first-order chi connectivity index (χ1) is 13.5. The number of hydrogen-bond donors (Lipinski definition) is 0. The topological polar surface area (TPSA) is 9.23 Å². The van der Waals surface area contributed by atoms with Gasteiger partial charge in [0.15, 0.2) is 0 Å². The van der Waals surface area contributed by atoms with Crippen molar-refractivity contribution in [1.82, 2.24) is 0 Å². The third-order valence-electron chi connectivity index (χ3n) is 5.87. The predicted molar refractivity (Wildman–Crippen MR) is 121 cm³/mol. The highest BCUT2D eigenvalue weighted by molar-refractivity contribution is 5.92. The summed E-state index contributed by atoms with van der Waals surface area (Å²) in [7, 11) is 0. The number of fused-ring (bicyclic) bond motifs is 4. The highest BCUT2D eigenvalue weighted by atomic mass is 16.5. The Morgan fingerprint density at radius 2 is 1.71 bits per heavy atom. The molecule has 0 radical (unpaired) electrons. The van der Waals surface area contributed by atoms with E-state index in [9.17, 15) is 0 Å². The average Bonchev–Trinajstić information content (AvgIpc) is 2.68. The molecule has 0 aliphatic carbocycles. The third kappa shape index (κ3) is 2.77. The van der Waals surface area contributed by atoms with Gasteiger partial charge in [-0.25, -0.2) is 0 Å². The van der Waals surface area contributed by atoms with Gasteiger partial charge in [0.2, 0.25) is 0 Å². The SMILES string of the molecule is C=Cc1ccc2c(c1/C=C\C)Oc1c(ccc3ccccc13)C2(C)CC(C)C. The van der Waals surface area contributed by atoms with Crippen LogP contribution in [0.15, 0.2) is 61.2 Å². The quantitative estimate of drug-likeness (QED) is 0.453. The van der Waals surface area contributed by atoms with Crippen LogP contribution in [0, 0.1) is 5.92 Å². The maximum absolute atomic E-state index is 6.69. The molecule has 0 saturated heterocycles. The molecule has 28 heavy (non-hydrogen) atoms. The number of rotatable bonds is 4. The number of allylic oxidation sites excluding steroid dienone is 1. The lowest BCUT2D eigenvalue weighted by molar-refractivity contribution is 0.363. The zero-order chi connectivity index (χ0) is 19.9. The molecule has 1 aliphatic rings. The molecule has 1 heterocycles. The summed E-state index contributed by atoms with van der Waals surface area (Å²) >= 11 is 0. The monoisotopic (exact) mass is 368 g/mol. The van der Waals surface area contributed by atoms with Gasteiger partial charge in [-0.3, -0.25) is 0 Å². The summed E-state index contributed by atoms with van der Waals surface area (Å²) in [4.78, 5) is 0. The van der Waals surface area contributed by atoms with Gasteiger partial charge < -0.3 is 4.74 Å². The first-order valence-corrected chi connectivity index (χ1v) is 10.1. The maximum Gasteiger partial charge on any atom is 0.139 e. The summed E-state index contributed by atoms with van der Waals surface area (Å²) in [6.07, 6.45) is 7.20. The van der Waals surface area contributed by atoms with Crippen LogP contribution < -0.4 is 4.74 Å². The van der Waals surface area contributed by atoms with Crippen molar-refractivity contribution in [3.05, 3.63) is 83.4 Å². The maximum atomic E-state index is 6.69. The fraction of sp³-hybridized carbons (Fsp3) is 0.259. The molecule has 3 aromatic rings. The van der Waals surface area contributed by atoms with Gasteiger partial charge in [0.05, 0.1) is 0 Å². The minimum atomic E-state index is -0.100. The third-order valence-corrected chi connectivity index (χ3v) is 5.87. The van der Waals surface area contributed by atoms with Crippen molar-refractivity contribution in [2.45, 2.75) is 39.5 Å². The van der Waals surface area contributed by atoms with Gasteiger partial charge in [0.1, 0.15) is 11.5 Å². The summed E-state index contributed by atoms with van der Waals surface area (Å²) in [5.74, 6) is 2.54. The molecule has 0 bridgehead atoms. The van der Waals surface area contributed by atoms with Gasteiger partial charge >= 0.3 is 0 Å². The second-order valence-electron chi connectivity index (χ2n) is 8.34. The van der Waals surface area contributed by atoms with Crippen molar-refractivity contribution >= 4 is 22.9 Å². The Bertz CT molecular complexity index is 1090. The second kappa shape index (κ2) is 6.98. The molecule has 4 rings (SSSR count). The number of ether oxygens (including phenoxy) is 1. The van der Waals surface area contributed by atoms with E-state index in [-0.39, 0.29) is 5.41 Å². The lowest BCUT2D eigenvalue weighted by atomic mass is 9.68. The van der Waals surface area contributed by atoms with Crippen molar-refractivity contribution < 1.29 is 4.74 Å². The Morgan fingerprint density at radius 1 is 1.00 bits per heavy atom. The highest BCUT2D eigenvalue weighted by Crippen LogP contribution is 2.54. The van der Waals surface area contributed by atoms with E-state index >= 15 is 0 Å². The van der Waals surface area contributed by atoms with Crippen molar-refractivity contribution in [3.8, 4) is 11.5 Å². The smallest absolute Gasteiger partial charge is 0.139 e. The molecular weight excluding hydrogens is 340 g/mol. The van der Waals surface area contributed by atoms with Crippen molar-refractivity contribution in [3.63, 3.8) is 0 Å². The molecule has 3 aromatic carbocycles. The molecule has 1 nitrogen and oxygen atoms in total. The van der Waals surface area contributed by atoms with Crippen LogP contribution in [0.3, 0.4) is 0 Å². The van der Waals surface area contributed by atoms with Crippen LogP contribution in [0.5, 0.6) is 11.5 Å². The van der Waals surface area contributed by atoms with Gasteiger partial charge in [0.25, 0.3) is 0 Å². The normalized spacial score (nSPS) is 18.2. The summed E-state index contributed by atoms with van der Waals surface area (Å²) in [5.41, 5.74) is 4.67. The largest absolute Gasteiger partial charge is 0.455 e. The second-order valence-corrected chi connectivity index (χ2v) is 8.34. The summed E-state index contributed by atoms with van der Waals surface area (Å²) in [5, 5.41) is 2.39. The Kier molecular flexibility index (Phi) is 4.63. The van der Waals surface area contributed by atoms with Crippen LogP contribution in [0.1, 0.15) is 56.4 Å². The zero-order valence-electron chi connectivity index (χ0n) is 17.3. The minimum absolute atomic E-state index is 0.100. The van der Waals surface area contributed by atoms with E-state index in [0.717, 1.165) is 29.0 Å². The fourth-order valence-electron chi connectivity index (χ4n) is 4.75. The van der Waals surface area contributed by atoms with Gasteiger partial charge in [-0.15, -0.1) is 0 Å². The first-order valence-electron chi connectivity index (χ1n) is 10.1. The molecule has 1 atom stereocenters. The lowest BCUT2D eigenvalue weighted by Gasteiger charge is -2.40. The van der Waals surface area contributed by atoms with Crippen molar-refractivity contribution in [2.24, 2.45) is 5.92 Å². The molecule has 142 valence electrons. The Morgan fingerprint density at radius 3 is 2.43 bits per heavy atom. The lowest BCUT2D eigenvalue weighted by Crippen LogP contribution is -2.30. The fourth-order valence-corrected chi connectivity index (χ4v) is 4.75. The molecule has 0 aromatic heterocycles. The molecule has 1 aliphatic heterocycles. The van der Waals surface area contributed by atoms with Gasteiger partial charge in [-0.2, -0.15) is 0 Å². The van der Waals surface area contributed by atoms with E-state index in [1.807, 2.05) is 13.0 Å². The van der Waals surface area contributed by atoms with Crippen molar-refractivity contribution in [1.29, 1.82) is 0 Å². The van der Waals surface area contributed by atoms with Crippen molar-refractivity contribution in [2.75, 3.05) is 0 Å². The first kappa shape index (κ1) is 18.6. The van der Waals surface area contributed by atoms with E-state index in [1.54, 1.807) is 0 Å². The Hall–Kier alpha value is -2.80. The molecule has 0 saturated carbocycles. The highest BCUT2D eigenvalue weighted by Gasteiger charge is 2.40. The van der Waals surface area contributed by atoms with E-state index in [0.29, 0.717) is 5.92 Å². The van der Waals surface area contributed by atoms with Crippen LogP contribution in [0.25, 0.3) is 22.9 Å². The molecule has 1 heteroatoms. The standard InChI is InChI=1S/C27H28O/c1-6-10-21-19(7-2)13-15-23-25(21)28-26-22-12-9-8-11-20(22)14-16-24(26)27(23,5)17-18(3)4/h6-16,18H,2,17H2,1,3-5H3/b10-6-. The summed E-state index contributed by atoms with van der Waals surface area (Å²) in [6, 6.07) is 17.4. The average molecular weight is 369 g/mol. The van der Waals surface area contributed by atoms with E-state index in [1.165, 1.54) is 21.9 Å². The molecule has 1 unspecified atom stereocenters. The van der Waals surface area contributed by atoms with Crippen LogP contribution in [0.2, 0.25) is 0 Å². The predicted octanol–water partition coefficient (Wildman–Crippen LogP) is 7.97. The molecule has 0 spiro atoms. The summed E-state index contributed by atoms with van der Waals surface area (Å²) in [6.45, 7) is 13.0. The van der Waals surface area contributed by atoms with Crippen LogP contribution in [-0.2, 0) is 5.41 Å². The van der Waals surface area contributed by atoms with Crippen LogP contribution >= 0.6 is 0 Å². The molecule has 0 amide bonds. The van der Waals surface area contributed by atoms with Gasteiger partial charge in [-0.1, -0.05) is 94.1 Å². The van der Waals surface area contributed by atoms with Gasteiger partial charge in [-0.05, 0) is 30.2 Å². The van der Waals surface area contributed by atoms with E-state index < -0.39 is 0 Å². The van der Waals surface area contributed by atoms with E-state index in [4.69, 9.17) is 4.74 Å². The van der Waals surface area contributed by atoms with Crippen LogP contribution in [0.4, 0.5) is 0 Å². The summed E-state index contributed by atoms with van der Waals surface area (Å²) < 4.78 is 6.69. The zero-order valence-corrected chi connectivity index (χ0v) is 17.3. The van der Waals surface area contributed by atoms with Crippen LogP contribution in [-0.4, -0.2) is 0 Å². The van der Waals surface area contributed by atoms with Gasteiger partial charge in [0, 0.05) is 27.5 Å².